The summed E-state index contributed by atoms with van der Waals surface area (Å²) in [5, 5.41) is 4.93. The number of sulfonamides is 1. The van der Waals surface area contributed by atoms with Gasteiger partial charge in [-0.1, -0.05) is 12.1 Å². The van der Waals surface area contributed by atoms with Crippen molar-refractivity contribution >= 4 is 21.8 Å². The molecule has 1 atom stereocenters. The number of carbonyl (C=O) groups excluding carboxylic acids is 2. The van der Waals surface area contributed by atoms with E-state index in [0.717, 1.165) is 22.0 Å². The molecule has 1 unspecified atom stereocenters. The molecule has 0 aliphatic carbocycles. The fourth-order valence-corrected chi connectivity index (χ4v) is 5.17. The number of aryl methyl sites for hydroxylation is 1. The molecule has 33 heavy (non-hydrogen) atoms. The molecule has 2 aromatic carbocycles. The molecule has 1 saturated heterocycles. The zero-order valence-corrected chi connectivity index (χ0v) is 19.2. The van der Waals surface area contributed by atoms with E-state index in [1.165, 1.54) is 13.0 Å². The second-order valence-corrected chi connectivity index (χ2v) is 9.30. The molecular weight excluding hydrogens is 453 g/mol. The number of ether oxygens (including phenoxy) is 2. The zero-order chi connectivity index (χ0) is 24.0. The molecule has 2 N–H and O–H groups in total. The quantitative estimate of drug-likeness (QED) is 0.579. The van der Waals surface area contributed by atoms with Crippen molar-refractivity contribution in [3.63, 3.8) is 0 Å². The van der Waals surface area contributed by atoms with Crippen molar-refractivity contribution in [2.75, 3.05) is 26.8 Å². The van der Waals surface area contributed by atoms with E-state index < -0.39 is 33.9 Å². The lowest BCUT2D eigenvalue weighted by Crippen LogP contribution is -2.53. The van der Waals surface area contributed by atoms with Gasteiger partial charge in [-0.05, 0) is 54.8 Å². The highest BCUT2D eigenvalue weighted by Gasteiger charge is 2.35. The van der Waals surface area contributed by atoms with E-state index in [1.807, 2.05) is 0 Å². The maximum absolute atomic E-state index is 13.4. The molecule has 0 aromatic heterocycles. The summed E-state index contributed by atoms with van der Waals surface area (Å²) in [6.07, 6.45) is -0.529. The van der Waals surface area contributed by atoms with E-state index >= 15 is 0 Å². The average molecular weight is 480 g/mol. The first-order valence-electron chi connectivity index (χ1n) is 10.3. The van der Waals surface area contributed by atoms with Crippen LogP contribution in [0.1, 0.15) is 17.5 Å². The monoisotopic (exact) mass is 479 g/mol. The highest BCUT2D eigenvalue weighted by atomic mass is 32.2. The highest BCUT2D eigenvalue weighted by molar-refractivity contribution is 7.89. The summed E-state index contributed by atoms with van der Waals surface area (Å²) >= 11 is 0. The van der Waals surface area contributed by atoms with E-state index in [-0.39, 0.29) is 30.1 Å². The first-order chi connectivity index (χ1) is 15.7. The summed E-state index contributed by atoms with van der Waals surface area (Å²) in [5.41, 5.74) is 1.04. The predicted octanol–water partition coefficient (Wildman–Crippen LogP) is 1.31. The lowest BCUT2D eigenvalue weighted by atomic mass is 10.2. The molecule has 178 valence electrons. The van der Waals surface area contributed by atoms with Crippen molar-refractivity contribution in [3.8, 4) is 5.75 Å². The average Bonchev–Trinajstić information content (AvgIpc) is 2.81. The van der Waals surface area contributed by atoms with Crippen LogP contribution >= 0.6 is 0 Å². The number of nitrogens with zero attached hydrogens (tertiary/aromatic N) is 1. The van der Waals surface area contributed by atoms with Gasteiger partial charge in [0.15, 0.2) is 0 Å². The number of benzene rings is 2. The third-order valence-corrected chi connectivity index (χ3v) is 7.18. The number of methoxy groups -OCH3 is 1. The van der Waals surface area contributed by atoms with E-state index in [1.54, 1.807) is 31.4 Å². The summed E-state index contributed by atoms with van der Waals surface area (Å²) < 4.78 is 51.4. The molecule has 0 radical (unpaired) electrons. The number of hydrogen-bond acceptors (Lipinski definition) is 6. The third-order valence-electron chi connectivity index (χ3n) is 5.13. The van der Waals surface area contributed by atoms with Gasteiger partial charge in [-0.15, -0.1) is 0 Å². The number of nitrogens with one attached hydrogen (secondary N) is 2. The molecule has 2 aromatic rings. The van der Waals surface area contributed by atoms with Gasteiger partial charge in [0.2, 0.25) is 10.0 Å². The SMILES string of the molecule is COc1ccc(CNC(=O)C(=O)NCC2OCCCN2S(=O)(=O)c2ccc(F)cc2C)cc1. The maximum Gasteiger partial charge on any atom is 0.309 e. The largest absolute Gasteiger partial charge is 0.497 e. The predicted molar refractivity (Wildman–Crippen MR) is 117 cm³/mol. The van der Waals surface area contributed by atoms with Gasteiger partial charge in [0.05, 0.1) is 25.2 Å². The van der Waals surface area contributed by atoms with Gasteiger partial charge >= 0.3 is 11.8 Å². The molecule has 11 heteroatoms. The Morgan fingerprint density at radius 3 is 2.52 bits per heavy atom. The summed E-state index contributed by atoms with van der Waals surface area (Å²) in [5.74, 6) is -1.63. The number of halogens is 1. The molecule has 1 fully saturated rings. The minimum atomic E-state index is -4.00. The molecular formula is C22H26FN3O6S. The van der Waals surface area contributed by atoms with E-state index in [9.17, 15) is 22.4 Å². The van der Waals surface area contributed by atoms with E-state index in [2.05, 4.69) is 10.6 Å². The Morgan fingerprint density at radius 2 is 1.85 bits per heavy atom. The van der Waals surface area contributed by atoms with Crippen LogP contribution in [0, 0.1) is 12.7 Å². The topological polar surface area (TPSA) is 114 Å². The Hall–Kier alpha value is -3.02. The van der Waals surface area contributed by atoms with Crippen molar-refractivity contribution in [2.24, 2.45) is 0 Å². The van der Waals surface area contributed by atoms with Gasteiger partial charge in [-0.25, -0.2) is 12.8 Å². The van der Waals surface area contributed by atoms with Crippen molar-refractivity contribution < 1.29 is 31.9 Å². The van der Waals surface area contributed by atoms with Gasteiger partial charge < -0.3 is 20.1 Å². The van der Waals surface area contributed by atoms with Crippen LogP contribution in [-0.4, -0.2) is 57.6 Å². The first-order valence-corrected chi connectivity index (χ1v) is 11.7. The minimum absolute atomic E-state index is 0.0389. The molecule has 0 spiro atoms. The van der Waals surface area contributed by atoms with Crippen LogP contribution in [0.25, 0.3) is 0 Å². The molecule has 3 rings (SSSR count). The normalized spacial score (nSPS) is 16.8. The molecule has 1 aliphatic rings. The molecule has 9 nitrogen and oxygen atoms in total. The van der Waals surface area contributed by atoms with Gasteiger partial charge in [0.1, 0.15) is 17.8 Å². The van der Waals surface area contributed by atoms with Gasteiger partial charge in [-0.3, -0.25) is 9.59 Å². The fraction of sp³-hybridized carbons (Fsp3) is 0.364. The summed E-state index contributed by atoms with van der Waals surface area (Å²) in [6, 6.07) is 10.4. The number of carbonyl (C=O) groups is 2. The Balaban J connectivity index is 1.60. The standard InChI is InChI=1S/C22H26FN3O6S/c1-15-12-17(23)6-9-19(15)33(29,30)26-10-3-11-32-20(26)14-25-22(28)21(27)24-13-16-4-7-18(31-2)8-5-16/h4-9,12,20H,3,10-11,13-14H2,1-2H3,(H,24,27)(H,25,28). The van der Waals surface area contributed by atoms with Crippen LogP contribution in [0.4, 0.5) is 4.39 Å². The van der Waals surface area contributed by atoms with Crippen LogP contribution in [-0.2, 0) is 30.9 Å². The second kappa shape index (κ2) is 10.7. The Labute approximate surface area is 191 Å². The summed E-state index contributed by atoms with van der Waals surface area (Å²) in [7, 11) is -2.45. The van der Waals surface area contributed by atoms with Crippen LogP contribution in [0.15, 0.2) is 47.4 Å². The molecule has 1 aliphatic heterocycles. The number of rotatable bonds is 7. The summed E-state index contributed by atoms with van der Waals surface area (Å²) in [6.45, 7) is 1.90. The Kier molecular flexibility index (Phi) is 8.01. The van der Waals surface area contributed by atoms with Gasteiger partial charge in [-0.2, -0.15) is 4.31 Å². The van der Waals surface area contributed by atoms with Crippen molar-refractivity contribution in [3.05, 3.63) is 59.4 Å². The van der Waals surface area contributed by atoms with E-state index in [0.29, 0.717) is 18.8 Å². The smallest absolute Gasteiger partial charge is 0.309 e. The Morgan fingerprint density at radius 1 is 1.15 bits per heavy atom. The van der Waals surface area contributed by atoms with Crippen LogP contribution in [0.2, 0.25) is 0 Å². The lowest BCUT2D eigenvalue weighted by molar-refractivity contribution is -0.140. The van der Waals surface area contributed by atoms with Crippen LogP contribution < -0.4 is 15.4 Å². The van der Waals surface area contributed by atoms with Gasteiger partial charge in [0.25, 0.3) is 0 Å². The fourth-order valence-electron chi connectivity index (χ4n) is 3.40. The van der Waals surface area contributed by atoms with Crippen LogP contribution in [0.3, 0.4) is 0 Å². The molecule has 0 bridgehead atoms. The zero-order valence-electron chi connectivity index (χ0n) is 18.3. The molecule has 0 saturated carbocycles. The van der Waals surface area contributed by atoms with Gasteiger partial charge in [0, 0.05) is 13.1 Å². The molecule has 2 amide bonds. The van der Waals surface area contributed by atoms with Crippen LogP contribution in [0.5, 0.6) is 5.75 Å². The number of hydrogen-bond donors (Lipinski definition) is 2. The minimum Gasteiger partial charge on any atom is -0.497 e. The Bertz CT molecular complexity index is 1110. The van der Waals surface area contributed by atoms with Crippen molar-refractivity contribution in [2.45, 2.75) is 31.0 Å². The maximum atomic E-state index is 13.4. The number of amides is 2. The van der Waals surface area contributed by atoms with E-state index in [4.69, 9.17) is 9.47 Å². The molecule has 1 heterocycles. The van der Waals surface area contributed by atoms with Crippen molar-refractivity contribution in [1.82, 2.24) is 14.9 Å². The highest BCUT2D eigenvalue weighted by Crippen LogP contribution is 2.25. The second-order valence-electron chi connectivity index (χ2n) is 7.45. The van der Waals surface area contributed by atoms with Crippen molar-refractivity contribution in [1.29, 1.82) is 0 Å². The third kappa shape index (κ3) is 6.06. The first kappa shape index (κ1) is 24.6. The summed E-state index contributed by atoms with van der Waals surface area (Å²) in [4.78, 5) is 24.3. The lowest BCUT2D eigenvalue weighted by Gasteiger charge is -2.34.